The standard InChI is InChI=1S/C18H36O2.CH4/c1-2-3-4-5-6-7-8-9-10-11-12-13-14-15-16-17-18(19)20;/h2-17H2,1H3,(H,19,20);1H4. The largest absolute Gasteiger partial charge is 0.481 e. The number of carboxylic acid groups (broad SMARTS) is 1. The number of carboxylic acids is 1. The Balaban J connectivity index is 0. The van der Waals surface area contributed by atoms with Crippen LogP contribution in [0.4, 0.5) is 0 Å². The van der Waals surface area contributed by atoms with E-state index in [1.54, 1.807) is 0 Å². The van der Waals surface area contributed by atoms with Gasteiger partial charge in [-0.05, 0) is 6.42 Å². The third-order valence-corrected chi connectivity index (χ3v) is 3.99. The van der Waals surface area contributed by atoms with Crippen molar-refractivity contribution in [3.05, 3.63) is 0 Å². The normalized spacial score (nSPS) is 10.3. The Kier molecular flexibility index (Phi) is 21.1. The fraction of sp³-hybridized carbons (Fsp3) is 0.947. The average Bonchev–Trinajstić information content (AvgIpc) is 2.43. The van der Waals surface area contributed by atoms with Gasteiger partial charge in [-0.15, -0.1) is 0 Å². The zero-order valence-electron chi connectivity index (χ0n) is 13.7. The molecule has 128 valence electrons. The molecule has 0 saturated carbocycles. The fourth-order valence-electron chi connectivity index (χ4n) is 2.65. The van der Waals surface area contributed by atoms with Gasteiger partial charge in [-0.25, -0.2) is 0 Å². The van der Waals surface area contributed by atoms with Crippen LogP contribution in [-0.2, 0) is 4.79 Å². The maximum Gasteiger partial charge on any atom is 0.303 e. The lowest BCUT2D eigenvalue weighted by Gasteiger charge is -2.03. The summed E-state index contributed by atoms with van der Waals surface area (Å²) in [4.78, 5) is 10.3. The van der Waals surface area contributed by atoms with Crippen LogP contribution >= 0.6 is 0 Å². The van der Waals surface area contributed by atoms with Gasteiger partial charge >= 0.3 is 5.97 Å². The molecule has 0 bridgehead atoms. The second-order valence-corrected chi connectivity index (χ2v) is 6.09. The molecule has 0 aliphatic carbocycles. The molecule has 0 aromatic carbocycles. The molecule has 0 fully saturated rings. The third kappa shape index (κ3) is 21.9. The van der Waals surface area contributed by atoms with E-state index in [0.29, 0.717) is 6.42 Å². The molecule has 0 aromatic rings. The Morgan fingerprint density at radius 1 is 0.619 bits per heavy atom. The van der Waals surface area contributed by atoms with Gasteiger partial charge in [0.05, 0.1) is 0 Å². The van der Waals surface area contributed by atoms with Crippen LogP contribution < -0.4 is 0 Å². The highest BCUT2D eigenvalue weighted by Gasteiger charge is 1.97. The zero-order chi connectivity index (χ0) is 14.9. The first-order valence-electron chi connectivity index (χ1n) is 8.99. The summed E-state index contributed by atoms with van der Waals surface area (Å²) in [5.74, 6) is -0.653. The molecule has 0 aromatic heterocycles. The monoisotopic (exact) mass is 300 g/mol. The van der Waals surface area contributed by atoms with E-state index in [0.717, 1.165) is 12.8 Å². The van der Waals surface area contributed by atoms with Crippen LogP contribution in [0.1, 0.15) is 117 Å². The van der Waals surface area contributed by atoms with Crippen LogP contribution in [0.15, 0.2) is 0 Å². The molecular formula is C19H40O2. The highest BCUT2D eigenvalue weighted by Crippen LogP contribution is 2.13. The summed E-state index contributed by atoms with van der Waals surface area (Å²) in [7, 11) is 0. The molecule has 0 aliphatic rings. The number of hydrogen-bond acceptors (Lipinski definition) is 1. The molecule has 0 amide bonds. The van der Waals surface area contributed by atoms with E-state index in [2.05, 4.69) is 6.92 Å². The van der Waals surface area contributed by atoms with Crippen molar-refractivity contribution >= 4 is 5.97 Å². The molecule has 21 heavy (non-hydrogen) atoms. The van der Waals surface area contributed by atoms with Crippen molar-refractivity contribution in [3.8, 4) is 0 Å². The van der Waals surface area contributed by atoms with E-state index in [1.165, 1.54) is 83.5 Å². The lowest BCUT2D eigenvalue weighted by molar-refractivity contribution is -0.137. The first-order chi connectivity index (χ1) is 9.77. The molecule has 0 unspecified atom stereocenters. The van der Waals surface area contributed by atoms with Crippen LogP contribution in [0.5, 0.6) is 0 Å². The molecule has 0 rings (SSSR count). The third-order valence-electron chi connectivity index (χ3n) is 3.99. The zero-order valence-corrected chi connectivity index (χ0v) is 13.7. The summed E-state index contributed by atoms with van der Waals surface area (Å²) in [5.41, 5.74) is 0. The summed E-state index contributed by atoms with van der Waals surface area (Å²) in [6.45, 7) is 2.27. The molecule has 2 heteroatoms. The summed E-state index contributed by atoms with van der Waals surface area (Å²) in [6, 6.07) is 0. The van der Waals surface area contributed by atoms with E-state index >= 15 is 0 Å². The van der Waals surface area contributed by atoms with Crippen molar-refractivity contribution in [1.82, 2.24) is 0 Å². The van der Waals surface area contributed by atoms with Crippen LogP contribution in [0.2, 0.25) is 0 Å². The molecule has 0 saturated heterocycles. The number of carbonyl (C=O) groups is 1. The van der Waals surface area contributed by atoms with Crippen LogP contribution in [0.3, 0.4) is 0 Å². The van der Waals surface area contributed by atoms with Gasteiger partial charge in [-0.2, -0.15) is 0 Å². The minimum atomic E-state index is -0.653. The molecule has 0 heterocycles. The Morgan fingerprint density at radius 2 is 0.905 bits per heavy atom. The van der Waals surface area contributed by atoms with Crippen molar-refractivity contribution in [3.63, 3.8) is 0 Å². The van der Waals surface area contributed by atoms with E-state index in [4.69, 9.17) is 5.11 Å². The van der Waals surface area contributed by atoms with Crippen molar-refractivity contribution in [2.45, 2.75) is 117 Å². The number of hydrogen-bond donors (Lipinski definition) is 1. The molecule has 0 spiro atoms. The molecule has 2 nitrogen and oxygen atoms in total. The van der Waals surface area contributed by atoms with Crippen LogP contribution in [-0.4, -0.2) is 11.1 Å². The van der Waals surface area contributed by atoms with Gasteiger partial charge in [0, 0.05) is 6.42 Å². The molecular weight excluding hydrogens is 260 g/mol. The lowest BCUT2D eigenvalue weighted by atomic mass is 10.0. The Morgan fingerprint density at radius 3 is 1.19 bits per heavy atom. The Labute approximate surface area is 133 Å². The minimum Gasteiger partial charge on any atom is -0.481 e. The topological polar surface area (TPSA) is 37.3 Å². The predicted octanol–water partition coefficient (Wildman–Crippen LogP) is 6.97. The van der Waals surface area contributed by atoms with Gasteiger partial charge in [0.1, 0.15) is 0 Å². The van der Waals surface area contributed by atoms with Crippen molar-refractivity contribution in [1.29, 1.82) is 0 Å². The Hall–Kier alpha value is -0.530. The highest BCUT2D eigenvalue weighted by molar-refractivity contribution is 5.66. The number of aliphatic carboxylic acids is 1. The Bertz CT molecular complexity index is 202. The van der Waals surface area contributed by atoms with E-state index < -0.39 is 5.97 Å². The maximum atomic E-state index is 10.3. The molecule has 0 radical (unpaired) electrons. The molecule has 0 aliphatic heterocycles. The minimum absolute atomic E-state index is 0. The predicted molar refractivity (Wildman–Crippen MR) is 93.9 cm³/mol. The quantitative estimate of drug-likeness (QED) is 0.312. The lowest BCUT2D eigenvalue weighted by Crippen LogP contribution is -1.93. The molecule has 0 atom stereocenters. The summed E-state index contributed by atoms with van der Waals surface area (Å²) < 4.78 is 0. The highest BCUT2D eigenvalue weighted by atomic mass is 16.4. The second kappa shape index (κ2) is 19.5. The summed E-state index contributed by atoms with van der Waals surface area (Å²) in [5, 5.41) is 8.52. The van der Waals surface area contributed by atoms with Gasteiger partial charge in [0.2, 0.25) is 0 Å². The fourth-order valence-corrected chi connectivity index (χ4v) is 2.65. The van der Waals surface area contributed by atoms with Gasteiger partial charge in [0.15, 0.2) is 0 Å². The van der Waals surface area contributed by atoms with E-state index in [9.17, 15) is 4.79 Å². The van der Waals surface area contributed by atoms with Crippen molar-refractivity contribution < 1.29 is 9.90 Å². The first kappa shape index (κ1) is 22.7. The van der Waals surface area contributed by atoms with Gasteiger partial charge in [-0.3, -0.25) is 4.79 Å². The van der Waals surface area contributed by atoms with Gasteiger partial charge in [-0.1, -0.05) is 104 Å². The van der Waals surface area contributed by atoms with Crippen LogP contribution in [0.25, 0.3) is 0 Å². The van der Waals surface area contributed by atoms with E-state index in [1.807, 2.05) is 0 Å². The van der Waals surface area contributed by atoms with Crippen molar-refractivity contribution in [2.75, 3.05) is 0 Å². The molecule has 1 N–H and O–H groups in total. The summed E-state index contributed by atoms with van der Waals surface area (Å²) in [6.07, 6.45) is 20.2. The number of rotatable bonds is 16. The van der Waals surface area contributed by atoms with Crippen LogP contribution in [0, 0.1) is 0 Å². The second-order valence-electron chi connectivity index (χ2n) is 6.09. The SMILES string of the molecule is C.CCCCCCCCCCCCCCCCCC(=O)O. The van der Waals surface area contributed by atoms with Gasteiger partial charge < -0.3 is 5.11 Å². The first-order valence-corrected chi connectivity index (χ1v) is 8.99. The van der Waals surface area contributed by atoms with E-state index in [-0.39, 0.29) is 7.43 Å². The smallest absolute Gasteiger partial charge is 0.303 e. The summed E-state index contributed by atoms with van der Waals surface area (Å²) >= 11 is 0. The maximum absolute atomic E-state index is 10.3. The van der Waals surface area contributed by atoms with Crippen molar-refractivity contribution in [2.24, 2.45) is 0 Å². The average molecular weight is 301 g/mol. The number of unbranched alkanes of at least 4 members (excludes halogenated alkanes) is 14. The van der Waals surface area contributed by atoms with Gasteiger partial charge in [0.25, 0.3) is 0 Å².